The molecule has 1 amide bonds. The Labute approximate surface area is 175 Å². The number of methoxy groups -OCH3 is 1. The van der Waals surface area contributed by atoms with Crippen molar-refractivity contribution in [1.29, 1.82) is 0 Å². The number of carbonyl (C=O) groups excluding carboxylic acids is 2. The van der Waals surface area contributed by atoms with Crippen molar-refractivity contribution in [1.82, 2.24) is 5.32 Å². The highest BCUT2D eigenvalue weighted by atomic mass is 35.5. The molecular formula is C20H24Cl2N2O4. The Morgan fingerprint density at radius 1 is 1.21 bits per heavy atom. The van der Waals surface area contributed by atoms with Gasteiger partial charge < -0.3 is 20.5 Å². The summed E-state index contributed by atoms with van der Waals surface area (Å²) in [5.74, 6) is -0.961. The summed E-state index contributed by atoms with van der Waals surface area (Å²) in [4.78, 5) is 24.9. The van der Waals surface area contributed by atoms with Crippen molar-refractivity contribution in [3.05, 3.63) is 58.6 Å². The van der Waals surface area contributed by atoms with Crippen LogP contribution < -0.4 is 15.8 Å². The van der Waals surface area contributed by atoms with Gasteiger partial charge in [0.2, 0.25) is 0 Å². The summed E-state index contributed by atoms with van der Waals surface area (Å²) in [5, 5.41) is 3.02. The van der Waals surface area contributed by atoms with E-state index in [4.69, 9.17) is 26.8 Å². The van der Waals surface area contributed by atoms with E-state index < -0.39 is 11.8 Å². The number of benzene rings is 2. The number of rotatable bonds is 8. The average Bonchev–Trinajstić information content (AvgIpc) is 2.67. The van der Waals surface area contributed by atoms with Crippen LogP contribution in [-0.4, -0.2) is 32.1 Å². The van der Waals surface area contributed by atoms with E-state index in [1.807, 2.05) is 30.3 Å². The zero-order valence-corrected chi connectivity index (χ0v) is 17.3. The first-order valence-electron chi connectivity index (χ1n) is 8.58. The Bertz CT molecular complexity index is 800. The standard InChI is InChI=1S/C20H23ClN2O4.ClH/c1-3-27-20(25)14(9-13-7-5-4-6-8-13)12-23-19(24)15-10-16(21)17(22)11-18(15)26-2;/h4-8,10-11,14H,3,9,12,22H2,1-2H3,(H,23,24);1H. The smallest absolute Gasteiger partial charge is 0.311 e. The monoisotopic (exact) mass is 426 g/mol. The second-order valence-electron chi connectivity index (χ2n) is 5.92. The Morgan fingerprint density at radius 3 is 2.50 bits per heavy atom. The Kier molecular flexibility index (Phi) is 9.62. The Balaban J connectivity index is 0.00000392. The van der Waals surface area contributed by atoms with Crippen LogP contribution in [0.4, 0.5) is 5.69 Å². The summed E-state index contributed by atoms with van der Waals surface area (Å²) in [6.45, 7) is 2.15. The van der Waals surface area contributed by atoms with Crippen LogP contribution in [0.25, 0.3) is 0 Å². The fraction of sp³-hybridized carbons (Fsp3) is 0.300. The van der Waals surface area contributed by atoms with Gasteiger partial charge in [0.1, 0.15) is 5.75 Å². The fourth-order valence-corrected chi connectivity index (χ4v) is 2.79. The van der Waals surface area contributed by atoms with E-state index in [1.54, 1.807) is 6.92 Å². The molecule has 0 bridgehead atoms. The molecule has 0 spiro atoms. The lowest BCUT2D eigenvalue weighted by molar-refractivity contribution is -0.147. The van der Waals surface area contributed by atoms with E-state index in [1.165, 1.54) is 19.2 Å². The van der Waals surface area contributed by atoms with Crippen LogP contribution in [0.2, 0.25) is 5.02 Å². The number of carbonyl (C=O) groups is 2. The molecule has 28 heavy (non-hydrogen) atoms. The maximum absolute atomic E-state index is 12.6. The van der Waals surface area contributed by atoms with Gasteiger partial charge in [-0.05, 0) is 25.0 Å². The SMILES string of the molecule is CCOC(=O)C(CNC(=O)c1cc(Cl)c(N)cc1OC)Cc1ccccc1.Cl. The van der Waals surface area contributed by atoms with Gasteiger partial charge in [0.25, 0.3) is 5.91 Å². The number of nitrogens with two attached hydrogens (primary N) is 1. The summed E-state index contributed by atoms with van der Waals surface area (Å²) in [6, 6.07) is 12.5. The van der Waals surface area contributed by atoms with Gasteiger partial charge in [0.05, 0.1) is 35.9 Å². The molecular weight excluding hydrogens is 403 g/mol. The van der Waals surface area contributed by atoms with Crippen molar-refractivity contribution >= 4 is 41.6 Å². The number of anilines is 1. The van der Waals surface area contributed by atoms with Crippen molar-refractivity contribution in [3.8, 4) is 5.75 Å². The lowest BCUT2D eigenvalue weighted by atomic mass is 9.99. The molecule has 0 aromatic heterocycles. The number of nitrogen functional groups attached to an aromatic ring is 1. The van der Waals surface area contributed by atoms with Gasteiger partial charge in [-0.1, -0.05) is 41.9 Å². The molecule has 0 aliphatic rings. The lowest BCUT2D eigenvalue weighted by Gasteiger charge is -2.17. The molecule has 1 unspecified atom stereocenters. The molecule has 0 saturated heterocycles. The molecule has 2 rings (SSSR count). The second kappa shape index (κ2) is 11.4. The van der Waals surface area contributed by atoms with Crippen molar-refractivity contribution in [3.63, 3.8) is 0 Å². The number of ether oxygens (including phenoxy) is 2. The summed E-state index contributed by atoms with van der Waals surface area (Å²) in [5.41, 5.74) is 7.29. The van der Waals surface area contributed by atoms with Crippen molar-refractivity contribution in [2.75, 3.05) is 26.0 Å². The number of esters is 1. The van der Waals surface area contributed by atoms with Crippen LogP contribution in [0, 0.1) is 5.92 Å². The van der Waals surface area contributed by atoms with Gasteiger partial charge in [0.15, 0.2) is 0 Å². The van der Waals surface area contributed by atoms with Gasteiger partial charge in [-0.25, -0.2) is 0 Å². The highest BCUT2D eigenvalue weighted by Crippen LogP contribution is 2.28. The summed E-state index contributed by atoms with van der Waals surface area (Å²) in [7, 11) is 1.44. The van der Waals surface area contributed by atoms with Crippen LogP contribution >= 0.6 is 24.0 Å². The average molecular weight is 427 g/mol. The Hall–Kier alpha value is -2.44. The van der Waals surface area contributed by atoms with Crippen molar-refractivity contribution in [2.45, 2.75) is 13.3 Å². The summed E-state index contributed by atoms with van der Waals surface area (Å²) < 4.78 is 10.3. The quantitative estimate of drug-likeness (QED) is 0.497. The first-order valence-corrected chi connectivity index (χ1v) is 8.95. The van der Waals surface area contributed by atoms with E-state index >= 15 is 0 Å². The highest BCUT2D eigenvalue weighted by molar-refractivity contribution is 6.33. The number of amides is 1. The maximum Gasteiger partial charge on any atom is 0.311 e. The largest absolute Gasteiger partial charge is 0.496 e. The minimum absolute atomic E-state index is 0. The van der Waals surface area contributed by atoms with Gasteiger partial charge >= 0.3 is 5.97 Å². The lowest BCUT2D eigenvalue weighted by Crippen LogP contribution is -2.35. The molecule has 2 aromatic carbocycles. The Morgan fingerprint density at radius 2 is 1.89 bits per heavy atom. The molecule has 0 fully saturated rings. The number of nitrogens with one attached hydrogen (secondary N) is 1. The molecule has 0 aliphatic heterocycles. The minimum Gasteiger partial charge on any atom is -0.496 e. The predicted molar refractivity (Wildman–Crippen MR) is 112 cm³/mol. The number of halogens is 2. The first kappa shape index (κ1) is 23.6. The van der Waals surface area contributed by atoms with Gasteiger partial charge in [0, 0.05) is 12.6 Å². The fourth-order valence-electron chi connectivity index (χ4n) is 2.62. The molecule has 2 aromatic rings. The third kappa shape index (κ3) is 6.32. The predicted octanol–water partition coefficient (Wildman–Crippen LogP) is 3.50. The second-order valence-corrected chi connectivity index (χ2v) is 6.33. The molecule has 8 heteroatoms. The van der Waals surface area contributed by atoms with Crippen LogP contribution in [0.1, 0.15) is 22.8 Å². The van der Waals surface area contributed by atoms with Crippen LogP contribution in [0.3, 0.4) is 0 Å². The third-order valence-electron chi connectivity index (χ3n) is 4.02. The molecule has 3 N–H and O–H groups in total. The van der Waals surface area contributed by atoms with E-state index in [0.717, 1.165) is 5.56 Å². The molecule has 152 valence electrons. The van der Waals surface area contributed by atoms with E-state index in [0.29, 0.717) is 17.9 Å². The normalized spacial score (nSPS) is 11.1. The molecule has 0 saturated carbocycles. The zero-order chi connectivity index (χ0) is 19.8. The van der Waals surface area contributed by atoms with E-state index in [9.17, 15) is 9.59 Å². The topological polar surface area (TPSA) is 90.7 Å². The highest BCUT2D eigenvalue weighted by Gasteiger charge is 2.23. The van der Waals surface area contributed by atoms with E-state index in [2.05, 4.69) is 5.32 Å². The molecule has 0 radical (unpaired) electrons. The minimum atomic E-state index is -0.508. The summed E-state index contributed by atoms with van der Waals surface area (Å²) >= 11 is 6.01. The van der Waals surface area contributed by atoms with Gasteiger partial charge in [-0.3, -0.25) is 9.59 Å². The number of hydrogen-bond donors (Lipinski definition) is 2. The zero-order valence-electron chi connectivity index (χ0n) is 15.7. The van der Waals surface area contributed by atoms with Crippen LogP contribution in [0.15, 0.2) is 42.5 Å². The molecule has 6 nitrogen and oxygen atoms in total. The third-order valence-corrected chi connectivity index (χ3v) is 4.34. The van der Waals surface area contributed by atoms with E-state index in [-0.39, 0.29) is 42.1 Å². The van der Waals surface area contributed by atoms with Crippen molar-refractivity contribution in [2.24, 2.45) is 5.92 Å². The van der Waals surface area contributed by atoms with Gasteiger partial charge in [-0.15, -0.1) is 12.4 Å². The number of hydrogen-bond acceptors (Lipinski definition) is 5. The molecule has 1 atom stereocenters. The molecule has 0 aliphatic carbocycles. The maximum atomic E-state index is 12.6. The molecule has 0 heterocycles. The van der Waals surface area contributed by atoms with Crippen LogP contribution in [0.5, 0.6) is 5.75 Å². The first-order chi connectivity index (χ1) is 13.0. The van der Waals surface area contributed by atoms with Crippen molar-refractivity contribution < 1.29 is 19.1 Å². The van der Waals surface area contributed by atoms with Gasteiger partial charge in [-0.2, -0.15) is 0 Å². The summed E-state index contributed by atoms with van der Waals surface area (Å²) in [6.07, 6.45) is 0.458. The van der Waals surface area contributed by atoms with Crippen LogP contribution in [-0.2, 0) is 16.0 Å².